The van der Waals surface area contributed by atoms with Crippen LogP contribution < -0.4 is 10.6 Å². The minimum absolute atomic E-state index is 0.168. The van der Waals surface area contributed by atoms with E-state index < -0.39 is 29.9 Å². The molecule has 0 radical (unpaired) electrons. The lowest BCUT2D eigenvalue weighted by Gasteiger charge is -2.37. The van der Waals surface area contributed by atoms with Crippen molar-refractivity contribution in [2.75, 3.05) is 79.0 Å². The zero-order chi connectivity index (χ0) is 29.7. The lowest BCUT2D eigenvalue weighted by Crippen LogP contribution is -2.50. The van der Waals surface area contributed by atoms with Gasteiger partial charge >= 0.3 is 23.9 Å². The van der Waals surface area contributed by atoms with Gasteiger partial charge in [0, 0.05) is 65.4 Å². The number of carboxylic acid groups (broad SMARTS) is 4. The number of carbonyl (C=O) groups is 4. The van der Waals surface area contributed by atoms with Gasteiger partial charge in [-0.3, -0.25) is 38.8 Å². The van der Waals surface area contributed by atoms with Crippen LogP contribution in [0, 0.1) is 0 Å². The number of hydrogen-bond acceptors (Lipinski definition) is 9. The zero-order valence-corrected chi connectivity index (χ0v) is 23.3. The van der Waals surface area contributed by atoms with Crippen molar-refractivity contribution in [2.24, 2.45) is 0 Å². The highest BCUT2D eigenvalue weighted by atomic mass is 32.1. The fourth-order valence-corrected chi connectivity index (χ4v) is 4.58. The lowest BCUT2D eigenvalue weighted by atomic mass is 10.0. The Bertz CT molecular complexity index is 1030. The third-order valence-electron chi connectivity index (χ3n) is 6.50. The summed E-state index contributed by atoms with van der Waals surface area (Å²) in [6.45, 7) is 0.820. The first-order chi connectivity index (χ1) is 19.0. The summed E-state index contributed by atoms with van der Waals surface area (Å²) >= 11 is 5.11. The highest BCUT2D eigenvalue weighted by Crippen LogP contribution is 2.23. The van der Waals surface area contributed by atoms with Crippen LogP contribution >= 0.6 is 12.2 Å². The molecular weight excluding hydrogens is 544 g/mol. The molecule has 14 nitrogen and oxygen atoms in total. The van der Waals surface area contributed by atoms with Crippen LogP contribution in [0.1, 0.15) is 17.2 Å². The second kappa shape index (κ2) is 16.7. The van der Waals surface area contributed by atoms with Gasteiger partial charge in [-0.2, -0.15) is 0 Å². The Hall–Kier alpha value is -3.37. The van der Waals surface area contributed by atoms with E-state index in [1.165, 1.54) is 0 Å². The molecule has 6 N–H and O–H groups in total. The number of hydrogen-bond donors (Lipinski definition) is 6. The number of aliphatic carboxylic acids is 4. The molecule has 1 aliphatic rings. The van der Waals surface area contributed by atoms with Crippen LogP contribution in [0.2, 0.25) is 0 Å². The fraction of sp³-hybridized carbons (Fsp3) is 0.560. The Morgan fingerprint density at radius 2 is 1.20 bits per heavy atom. The highest BCUT2D eigenvalue weighted by molar-refractivity contribution is 7.80. The Morgan fingerprint density at radius 3 is 1.68 bits per heavy atom. The van der Waals surface area contributed by atoms with Crippen molar-refractivity contribution in [3.8, 4) is 0 Å². The third-order valence-corrected chi connectivity index (χ3v) is 6.85. The summed E-state index contributed by atoms with van der Waals surface area (Å²) in [5.74, 6) is -4.22. The van der Waals surface area contributed by atoms with Crippen molar-refractivity contribution in [2.45, 2.75) is 12.6 Å². The first kappa shape index (κ1) is 32.8. The topological polar surface area (TPSA) is 186 Å². The molecule has 1 aliphatic heterocycles. The van der Waals surface area contributed by atoms with Crippen molar-refractivity contribution in [3.63, 3.8) is 0 Å². The van der Waals surface area contributed by atoms with E-state index >= 15 is 0 Å². The Labute approximate surface area is 238 Å². The molecule has 0 aliphatic carbocycles. The highest BCUT2D eigenvalue weighted by Gasteiger charge is 2.28. The summed E-state index contributed by atoms with van der Waals surface area (Å²) in [5, 5.41) is 44.4. The Morgan fingerprint density at radius 1 is 0.750 bits per heavy atom. The van der Waals surface area contributed by atoms with Crippen molar-refractivity contribution in [1.29, 1.82) is 0 Å². The first-order valence-electron chi connectivity index (χ1n) is 12.8. The summed E-state index contributed by atoms with van der Waals surface area (Å²) in [4.78, 5) is 53.2. The van der Waals surface area contributed by atoms with Crippen LogP contribution in [0.3, 0.4) is 0 Å². The number of nitrogens with one attached hydrogen (secondary N) is 2. The normalized spacial score (nSPS) is 18.7. The predicted octanol–water partition coefficient (Wildman–Crippen LogP) is -1.12. The third kappa shape index (κ3) is 12.2. The summed E-state index contributed by atoms with van der Waals surface area (Å²) in [7, 11) is 1.71. The molecule has 1 saturated heterocycles. The molecule has 15 heteroatoms. The standard InChI is InChI=1S/C25H38N6O8S/c1-26-25(40)27-12-18-2-4-19(5-3-18)20-13-30(16-23(36)37)9-8-28(14-21(32)33)6-7-29(15-22(34)35)10-11-31(20)17-24(38)39/h2-5,20H,6-17H2,1H3,(H,32,33)(H,34,35)(H,36,37)(H,38,39)(H2,26,27,40). The monoisotopic (exact) mass is 582 g/mol. The second-order valence-corrected chi connectivity index (χ2v) is 9.93. The zero-order valence-electron chi connectivity index (χ0n) is 22.5. The molecule has 1 heterocycles. The van der Waals surface area contributed by atoms with Gasteiger partial charge in [-0.05, 0) is 23.3 Å². The molecule has 0 saturated carbocycles. The number of benzene rings is 1. The Kier molecular flexibility index (Phi) is 13.7. The van der Waals surface area contributed by atoms with Crippen LogP contribution in [0.15, 0.2) is 24.3 Å². The van der Waals surface area contributed by atoms with Gasteiger partial charge in [-0.25, -0.2) is 0 Å². The van der Waals surface area contributed by atoms with Gasteiger partial charge in [0.1, 0.15) is 0 Å². The molecule has 0 spiro atoms. The van der Waals surface area contributed by atoms with Crippen LogP contribution in [0.5, 0.6) is 0 Å². The Balaban J connectivity index is 2.43. The smallest absolute Gasteiger partial charge is 0.317 e. The molecule has 1 aromatic rings. The average Bonchev–Trinajstić information content (AvgIpc) is 2.87. The van der Waals surface area contributed by atoms with Gasteiger partial charge in [0.25, 0.3) is 0 Å². The number of nitrogens with zero attached hydrogens (tertiary/aromatic N) is 4. The maximum atomic E-state index is 11.9. The van der Waals surface area contributed by atoms with Crippen LogP contribution in [-0.4, -0.2) is 148 Å². The molecule has 2 rings (SSSR count). The van der Waals surface area contributed by atoms with Crippen molar-refractivity contribution >= 4 is 41.2 Å². The molecule has 1 unspecified atom stereocenters. The quantitative estimate of drug-likeness (QED) is 0.172. The van der Waals surface area contributed by atoms with E-state index in [9.17, 15) is 39.6 Å². The summed E-state index contributed by atoms with van der Waals surface area (Å²) in [5.41, 5.74) is 1.69. The van der Waals surface area contributed by atoms with E-state index in [1.807, 2.05) is 24.3 Å². The minimum Gasteiger partial charge on any atom is -0.480 e. The number of rotatable bonds is 11. The van der Waals surface area contributed by atoms with Gasteiger partial charge in [-0.1, -0.05) is 24.3 Å². The van der Waals surface area contributed by atoms with E-state index in [2.05, 4.69) is 10.6 Å². The molecule has 0 amide bonds. The van der Waals surface area contributed by atoms with Crippen LogP contribution in [0.4, 0.5) is 0 Å². The van der Waals surface area contributed by atoms with Crippen LogP contribution in [0.25, 0.3) is 0 Å². The SMILES string of the molecule is CNC(=S)NCc1ccc(C2CN(CC(=O)O)CCN(CC(=O)O)CCN(CC(=O)O)CCN2CC(=O)O)cc1. The van der Waals surface area contributed by atoms with Gasteiger partial charge in [-0.15, -0.1) is 0 Å². The lowest BCUT2D eigenvalue weighted by molar-refractivity contribution is -0.142. The molecule has 222 valence electrons. The van der Waals surface area contributed by atoms with E-state index in [0.29, 0.717) is 11.7 Å². The van der Waals surface area contributed by atoms with Crippen molar-refractivity contribution < 1.29 is 39.6 Å². The molecule has 0 bridgehead atoms. The molecule has 0 aromatic heterocycles. The molecule has 40 heavy (non-hydrogen) atoms. The van der Waals surface area contributed by atoms with Gasteiger partial charge in [0.15, 0.2) is 5.11 Å². The van der Waals surface area contributed by atoms with E-state index in [4.69, 9.17) is 12.2 Å². The average molecular weight is 583 g/mol. The molecule has 1 fully saturated rings. The minimum atomic E-state index is -1.07. The van der Waals surface area contributed by atoms with E-state index in [-0.39, 0.29) is 72.0 Å². The predicted molar refractivity (Wildman–Crippen MR) is 149 cm³/mol. The summed E-state index contributed by atoms with van der Waals surface area (Å²) < 4.78 is 0. The van der Waals surface area contributed by atoms with Crippen molar-refractivity contribution in [3.05, 3.63) is 35.4 Å². The van der Waals surface area contributed by atoms with Gasteiger partial charge in [0.2, 0.25) is 0 Å². The van der Waals surface area contributed by atoms with Gasteiger partial charge < -0.3 is 31.1 Å². The first-order valence-corrected chi connectivity index (χ1v) is 13.2. The second-order valence-electron chi connectivity index (χ2n) is 9.52. The largest absolute Gasteiger partial charge is 0.480 e. The molecular formula is C25H38N6O8S. The maximum Gasteiger partial charge on any atom is 0.317 e. The fourth-order valence-electron chi connectivity index (χ4n) is 4.51. The van der Waals surface area contributed by atoms with Crippen molar-refractivity contribution in [1.82, 2.24) is 30.2 Å². The summed E-state index contributed by atoms with van der Waals surface area (Å²) in [6, 6.07) is 6.94. The van der Waals surface area contributed by atoms with Crippen LogP contribution in [-0.2, 0) is 25.7 Å². The summed E-state index contributed by atoms with van der Waals surface area (Å²) in [6.07, 6.45) is 0. The maximum absolute atomic E-state index is 11.9. The van der Waals surface area contributed by atoms with E-state index in [1.54, 1.807) is 26.6 Å². The number of thiocarbonyl (C=S) groups is 1. The number of carboxylic acids is 4. The van der Waals surface area contributed by atoms with Gasteiger partial charge in [0.05, 0.1) is 26.2 Å². The molecule has 1 atom stereocenters. The molecule has 1 aromatic carbocycles. The van der Waals surface area contributed by atoms with E-state index in [0.717, 1.165) is 11.1 Å².